The lowest BCUT2D eigenvalue weighted by atomic mass is 10.1. The third-order valence-corrected chi connectivity index (χ3v) is 8.12. The molecular weight excluding hydrogens is 476 g/mol. The minimum Gasteiger partial charge on any atom is -0.456 e. The zero-order valence-corrected chi connectivity index (χ0v) is 21.0. The molecule has 0 spiro atoms. The number of aromatic nitrogens is 2. The highest BCUT2D eigenvalue weighted by Gasteiger charge is 2.19. The van der Waals surface area contributed by atoms with Crippen molar-refractivity contribution in [1.29, 1.82) is 0 Å². The van der Waals surface area contributed by atoms with E-state index in [1.54, 1.807) is 0 Å². The lowest BCUT2D eigenvalue weighted by molar-refractivity contribution is 0.669. The first kappa shape index (κ1) is 20.7. The van der Waals surface area contributed by atoms with E-state index in [2.05, 4.69) is 130 Å². The standard InChI is InChI=1S/C36H22N2O/c1-5-14-29-24(10-1)25-11-2-6-15-30(25)38(29)33-18-9-17-32-36(33)27-13-3-7-16-31(27)37(32)23-20-21-35-28(22-23)26-12-4-8-19-34(26)39-35/h1-22H. The summed E-state index contributed by atoms with van der Waals surface area (Å²) < 4.78 is 11.0. The Morgan fingerprint density at radius 3 is 1.69 bits per heavy atom. The van der Waals surface area contributed by atoms with Crippen molar-refractivity contribution < 1.29 is 4.42 Å². The second-order valence-corrected chi connectivity index (χ2v) is 10.2. The van der Waals surface area contributed by atoms with Gasteiger partial charge in [-0.25, -0.2) is 0 Å². The topological polar surface area (TPSA) is 23.0 Å². The average Bonchev–Trinajstić information content (AvgIpc) is 3.64. The molecule has 0 fully saturated rings. The van der Waals surface area contributed by atoms with Crippen molar-refractivity contribution in [2.24, 2.45) is 0 Å². The van der Waals surface area contributed by atoms with E-state index in [9.17, 15) is 0 Å². The van der Waals surface area contributed by atoms with Crippen molar-refractivity contribution in [3.05, 3.63) is 133 Å². The van der Waals surface area contributed by atoms with Crippen LogP contribution in [0.1, 0.15) is 0 Å². The van der Waals surface area contributed by atoms with Crippen molar-refractivity contribution in [2.45, 2.75) is 0 Å². The van der Waals surface area contributed by atoms with Gasteiger partial charge in [0.05, 0.1) is 27.8 Å². The van der Waals surface area contributed by atoms with Crippen LogP contribution in [0.3, 0.4) is 0 Å². The summed E-state index contributed by atoms with van der Waals surface area (Å²) in [6.45, 7) is 0. The quantitative estimate of drug-likeness (QED) is 0.233. The molecular formula is C36H22N2O. The van der Waals surface area contributed by atoms with Crippen LogP contribution in [0, 0.1) is 0 Å². The summed E-state index contributed by atoms with van der Waals surface area (Å²) >= 11 is 0. The molecule has 0 unspecified atom stereocenters. The van der Waals surface area contributed by atoms with Crippen LogP contribution in [0.5, 0.6) is 0 Å². The molecule has 0 aliphatic rings. The van der Waals surface area contributed by atoms with E-state index in [4.69, 9.17) is 4.42 Å². The summed E-state index contributed by atoms with van der Waals surface area (Å²) in [5, 5.41) is 7.30. The zero-order valence-electron chi connectivity index (χ0n) is 21.0. The van der Waals surface area contributed by atoms with Gasteiger partial charge in [0.15, 0.2) is 0 Å². The maximum absolute atomic E-state index is 6.14. The lowest BCUT2D eigenvalue weighted by Crippen LogP contribution is -1.96. The Hall–Kier alpha value is -5.28. The van der Waals surface area contributed by atoms with E-state index >= 15 is 0 Å². The molecule has 0 N–H and O–H groups in total. The number of fused-ring (bicyclic) bond motifs is 9. The van der Waals surface area contributed by atoms with E-state index in [1.165, 1.54) is 49.3 Å². The molecule has 39 heavy (non-hydrogen) atoms. The Kier molecular flexibility index (Phi) is 4.05. The highest BCUT2D eigenvalue weighted by Crippen LogP contribution is 2.40. The van der Waals surface area contributed by atoms with Crippen molar-refractivity contribution in [2.75, 3.05) is 0 Å². The van der Waals surface area contributed by atoms with E-state index < -0.39 is 0 Å². The summed E-state index contributed by atoms with van der Waals surface area (Å²) in [4.78, 5) is 0. The summed E-state index contributed by atoms with van der Waals surface area (Å²) in [6.07, 6.45) is 0. The maximum Gasteiger partial charge on any atom is 0.135 e. The molecule has 3 heteroatoms. The van der Waals surface area contributed by atoms with E-state index in [0.29, 0.717) is 0 Å². The van der Waals surface area contributed by atoms with Crippen LogP contribution in [-0.2, 0) is 0 Å². The van der Waals surface area contributed by atoms with Crippen molar-refractivity contribution in [3.8, 4) is 11.4 Å². The molecule has 9 aromatic rings. The van der Waals surface area contributed by atoms with Gasteiger partial charge in [0.25, 0.3) is 0 Å². The molecule has 0 amide bonds. The number of nitrogens with zero attached hydrogens (tertiary/aromatic N) is 2. The monoisotopic (exact) mass is 498 g/mol. The van der Waals surface area contributed by atoms with Crippen molar-refractivity contribution in [1.82, 2.24) is 9.13 Å². The van der Waals surface area contributed by atoms with Crippen LogP contribution in [0.4, 0.5) is 0 Å². The minimum absolute atomic E-state index is 0.909. The van der Waals surface area contributed by atoms with Crippen LogP contribution in [0.25, 0.3) is 76.9 Å². The molecule has 0 saturated heterocycles. The molecule has 0 saturated carbocycles. The van der Waals surface area contributed by atoms with E-state index in [1.807, 2.05) is 12.1 Å². The summed E-state index contributed by atoms with van der Waals surface area (Å²) in [5.74, 6) is 0. The molecule has 9 rings (SSSR count). The Labute approximate surface area is 223 Å². The molecule has 0 bridgehead atoms. The minimum atomic E-state index is 0.909. The second-order valence-electron chi connectivity index (χ2n) is 10.2. The van der Waals surface area contributed by atoms with Crippen LogP contribution in [-0.4, -0.2) is 9.13 Å². The first-order valence-electron chi connectivity index (χ1n) is 13.3. The predicted octanol–water partition coefficient (Wildman–Crippen LogP) is 9.78. The number of furan rings is 1. The highest BCUT2D eigenvalue weighted by molar-refractivity contribution is 6.16. The molecule has 0 radical (unpaired) electrons. The maximum atomic E-state index is 6.14. The highest BCUT2D eigenvalue weighted by atomic mass is 16.3. The lowest BCUT2D eigenvalue weighted by Gasteiger charge is -2.11. The van der Waals surface area contributed by atoms with Gasteiger partial charge in [0.2, 0.25) is 0 Å². The largest absolute Gasteiger partial charge is 0.456 e. The number of para-hydroxylation sites is 4. The number of hydrogen-bond acceptors (Lipinski definition) is 1. The molecule has 182 valence electrons. The fraction of sp³-hybridized carbons (Fsp3) is 0. The van der Waals surface area contributed by atoms with Gasteiger partial charge in [-0.15, -0.1) is 0 Å². The molecule has 3 nitrogen and oxygen atoms in total. The van der Waals surface area contributed by atoms with Crippen LogP contribution < -0.4 is 0 Å². The molecule has 6 aromatic carbocycles. The first-order chi connectivity index (χ1) is 19.4. The van der Waals surface area contributed by atoms with E-state index in [-0.39, 0.29) is 0 Å². The summed E-state index contributed by atoms with van der Waals surface area (Å²) in [7, 11) is 0. The normalized spacial score (nSPS) is 12.1. The van der Waals surface area contributed by atoms with Crippen molar-refractivity contribution in [3.63, 3.8) is 0 Å². The molecule has 3 heterocycles. The fourth-order valence-electron chi connectivity index (χ4n) is 6.50. The molecule has 0 atom stereocenters. The number of benzene rings is 6. The Morgan fingerprint density at radius 2 is 0.949 bits per heavy atom. The Bertz CT molecular complexity index is 2350. The number of hydrogen-bond donors (Lipinski definition) is 0. The first-order valence-corrected chi connectivity index (χ1v) is 13.3. The summed E-state index contributed by atoms with van der Waals surface area (Å²) in [5.41, 5.74) is 8.95. The second kappa shape index (κ2) is 7.62. The van der Waals surface area contributed by atoms with Gasteiger partial charge in [0, 0.05) is 38.0 Å². The Balaban J connectivity index is 1.42. The molecule has 0 aliphatic carbocycles. The van der Waals surface area contributed by atoms with Gasteiger partial charge in [0.1, 0.15) is 11.2 Å². The van der Waals surface area contributed by atoms with E-state index in [0.717, 1.165) is 27.6 Å². The fourth-order valence-corrected chi connectivity index (χ4v) is 6.50. The van der Waals surface area contributed by atoms with Crippen LogP contribution >= 0.6 is 0 Å². The Morgan fingerprint density at radius 1 is 0.385 bits per heavy atom. The van der Waals surface area contributed by atoms with Gasteiger partial charge >= 0.3 is 0 Å². The van der Waals surface area contributed by atoms with Crippen LogP contribution in [0.15, 0.2) is 138 Å². The smallest absolute Gasteiger partial charge is 0.135 e. The predicted molar refractivity (Wildman–Crippen MR) is 162 cm³/mol. The molecule has 0 aliphatic heterocycles. The van der Waals surface area contributed by atoms with Gasteiger partial charge in [-0.2, -0.15) is 0 Å². The zero-order chi connectivity index (χ0) is 25.5. The third kappa shape index (κ3) is 2.76. The SMILES string of the molecule is c1ccc2c(c1)oc1ccc(-n3c4ccccc4c4c(-n5c6ccccc6c6ccccc65)cccc43)cc12. The van der Waals surface area contributed by atoms with Gasteiger partial charge in [-0.3, -0.25) is 0 Å². The number of rotatable bonds is 2. The average molecular weight is 499 g/mol. The van der Waals surface area contributed by atoms with Crippen LogP contribution in [0.2, 0.25) is 0 Å². The van der Waals surface area contributed by atoms with Gasteiger partial charge in [-0.05, 0) is 54.6 Å². The molecule has 3 aromatic heterocycles. The van der Waals surface area contributed by atoms with Gasteiger partial charge < -0.3 is 13.6 Å². The third-order valence-electron chi connectivity index (χ3n) is 8.12. The van der Waals surface area contributed by atoms with Gasteiger partial charge in [-0.1, -0.05) is 78.9 Å². The summed E-state index contributed by atoms with van der Waals surface area (Å²) in [6, 6.07) is 47.6. The van der Waals surface area contributed by atoms with Crippen molar-refractivity contribution >= 4 is 65.6 Å².